The molecule has 1 aliphatic heterocycles. The molecule has 1 fully saturated rings. The van der Waals surface area contributed by atoms with Crippen LogP contribution in [0, 0.1) is 6.92 Å². The van der Waals surface area contributed by atoms with E-state index >= 15 is 0 Å². The van der Waals surface area contributed by atoms with E-state index in [0.717, 1.165) is 10.0 Å². The Labute approximate surface area is 118 Å². The van der Waals surface area contributed by atoms with Crippen LogP contribution in [0.15, 0.2) is 22.7 Å². The zero-order valence-corrected chi connectivity index (χ0v) is 11.7. The van der Waals surface area contributed by atoms with Gasteiger partial charge in [0.05, 0.1) is 6.42 Å². The molecule has 0 saturated carbocycles. The third kappa shape index (κ3) is 3.31. The number of imide groups is 1. The van der Waals surface area contributed by atoms with Gasteiger partial charge in [0.15, 0.2) is 0 Å². The first-order valence-electron chi connectivity index (χ1n) is 5.63. The maximum Gasteiger partial charge on any atom is 0.322 e. The molecule has 0 spiro atoms. The van der Waals surface area contributed by atoms with Crippen LogP contribution in [0.3, 0.4) is 0 Å². The van der Waals surface area contributed by atoms with E-state index in [0.29, 0.717) is 5.69 Å². The molecule has 3 N–H and O–H groups in total. The summed E-state index contributed by atoms with van der Waals surface area (Å²) in [4.78, 5) is 34.0. The van der Waals surface area contributed by atoms with E-state index < -0.39 is 18.0 Å². The monoisotopic (exact) mass is 325 g/mol. The van der Waals surface area contributed by atoms with Crippen LogP contribution in [0.5, 0.6) is 0 Å². The van der Waals surface area contributed by atoms with E-state index in [1.54, 1.807) is 6.07 Å². The van der Waals surface area contributed by atoms with Crippen molar-refractivity contribution in [3.63, 3.8) is 0 Å². The number of rotatable bonds is 3. The van der Waals surface area contributed by atoms with E-state index in [9.17, 15) is 14.4 Å². The Morgan fingerprint density at radius 3 is 2.74 bits per heavy atom. The Bertz CT molecular complexity index is 559. The second-order valence-corrected chi connectivity index (χ2v) is 5.09. The van der Waals surface area contributed by atoms with Gasteiger partial charge in [0, 0.05) is 10.2 Å². The maximum absolute atomic E-state index is 11.8. The Kier molecular flexibility index (Phi) is 3.84. The average Bonchev–Trinajstić information content (AvgIpc) is 2.62. The van der Waals surface area contributed by atoms with Crippen LogP contribution >= 0.6 is 15.9 Å². The predicted octanol–water partition coefficient (Wildman–Crippen LogP) is 1.29. The second kappa shape index (κ2) is 5.40. The molecule has 19 heavy (non-hydrogen) atoms. The van der Waals surface area contributed by atoms with Gasteiger partial charge in [-0.15, -0.1) is 0 Å². The van der Waals surface area contributed by atoms with Crippen molar-refractivity contribution in [1.82, 2.24) is 10.6 Å². The van der Waals surface area contributed by atoms with Gasteiger partial charge in [0.1, 0.15) is 6.04 Å². The molecular formula is C12H12BrN3O3. The minimum Gasteiger partial charge on any atom is -0.326 e. The number of hydrogen-bond donors (Lipinski definition) is 3. The second-order valence-electron chi connectivity index (χ2n) is 4.23. The van der Waals surface area contributed by atoms with Crippen molar-refractivity contribution in [2.45, 2.75) is 19.4 Å². The lowest BCUT2D eigenvalue weighted by atomic mass is 10.2. The molecule has 4 amide bonds. The molecule has 100 valence electrons. The largest absolute Gasteiger partial charge is 0.326 e. The normalized spacial score (nSPS) is 17.9. The van der Waals surface area contributed by atoms with Crippen molar-refractivity contribution in [2.75, 3.05) is 5.32 Å². The fraction of sp³-hybridized carbons (Fsp3) is 0.250. The van der Waals surface area contributed by atoms with E-state index in [4.69, 9.17) is 0 Å². The number of amides is 4. The van der Waals surface area contributed by atoms with Gasteiger partial charge in [-0.2, -0.15) is 0 Å². The van der Waals surface area contributed by atoms with Crippen molar-refractivity contribution < 1.29 is 14.4 Å². The van der Waals surface area contributed by atoms with Crippen LogP contribution in [0.1, 0.15) is 12.0 Å². The first-order chi connectivity index (χ1) is 8.95. The van der Waals surface area contributed by atoms with Crippen LogP contribution in [0.25, 0.3) is 0 Å². The predicted molar refractivity (Wildman–Crippen MR) is 72.6 cm³/mol. The lowest BCUT2D eigenvalue weighted by Gasteiger charge is -2.09. The minimum absolute atomic E-state index is 0.0906. The number of anilines is 1. The summed E-state index contributed by atoms with van der Waals surface area (Å²) in [6.07, 6.45) is -0.0906. The van der Waals surface area contributed by atoms with Crippen molar-refractivity contribution in [2.24, 2.45) is 0 Å². The van der Waals surface area contributed by atoms with Gasteiger partial charge in [-0.25, -0.2) is 4.79 Å². The van der Waals surface area contributed by atoms with Crippen molar-refractivity contribution in [3.05, 3.63) is 28.2 Å². The Hall–Kier alpha value is -1.89. The summed E-state index contributed by atoms with van der Waals surface area (Å²) >= 11 is 3.37. The molecule has 1 heterocycles. The molecule has 1 saturated heterocycles. The van der Waals surface area contributed by atoms with Crippen LogP contribution in [0.4, 0.5) is 10.5 Å². The number of halogens is 1. The molecule has 1 aliphatic rings. The summed E-state index contributed by atoms with van der Waals surface area (Å²) in [5.74, 6) is -0.809. The first kappa shape index (κ1) is 13.5. The number of nitrogens with one attached hydrogen (secondary N) is 3. The topological polar surface area (TPSA) is 87.3 Å². The zero-order chi connectivity index (χ0) is 14.0. The van der Waals surface area contributed by atoms with Gasteiger partial charge in [-0.3, -0.25) is 14.9 Å². The summed E-state index contributed by atoms with van der Waals surface area (Å²) in [6, 6.07) is 4.03. The molecule has 0 radical (unpaired) electrons. The van der Waals surface area contributed by atoms with E-state index in [1.807, 2.05) is 19.1 Å². The number of urea groups is 1. The lowest BCUT2D eigenvalue weighted by Crippen LogP contribution is -2.33. The summed E-state index contributed by atoms with van der Waals surface area (Å²) in [5, 5.41) is 7.13. The highest BCUT2D eigenvalue weighted by molar-refractivity contribution is 9.10. The molecule has 0 bridgehead atoms. The van der Waals surface area contributed by atoms with Crippen LogP contribution < -0.4 is 16.0 Å². The van der Waals surface area contributed by atoms with Crippen LogP contribution in [-0.2, 0) is 9.59 Å². The zero-order valence-electron chi connectivity index (χ0n) is 10.1. The summed E-state index contributed by atoms with van der Waals surface area (Å²) in [5.41, 5.74) is 1.64. The smallest absolute Gasteiger partial charge is 0.322 e. The van der Waals surface area contributed by atoms with Crippen LogP contribution in [0.2, 0.25) is 0 Å². The number of hydrogen-bond acceptors (Lipinski definition) is 3. The van der Waals surface area contributed by atoms with Gasteiger partial charge in [-0.1, -0.05) is 15.9 Å². The quantitative estimate of drug-likeness (QED) is 0.732. The standard InChI is InChI=1S/C12H12BrN3O3/c1-6-4-7(2-3-8(6)13)14-10(17)5-9-11(18)16-12(19)15-9/h2-4,9H,5H2,1H3,(H,14,17)(H2,15,16,18,19). The van der Waals surface area contributed by atoms with Crippen molar-refractivity contribution in [1.29, 1.82) is 0 Å². The van der Waals surface area contributed by atoms with E-state index in [2.05, 4.69) is 31.9 Å². The molecular weight excluding hydrogens is 314 g/mol. The Balaban J connectivity index is 1.96. The van der Waals surface area contributed by atoms with Crippen LogP contribution in [-0.4, -0.2) is 23.9 Å². The minimum atomic E-state index is -0.802. The highest BCUT2D eigenvalue weighted by Crippen LogP contribution is 2.20. The number of benzene rings is 1. The van der Waals surface area contributed by atoms with Gasteiger partial charge >= 0.3 is 6.03 Å². The third-order valence-electron chi connectivity index (χ3n) is 2.69. The first-order valence-corrected chi connectivity index (χ1v) is 6.42. The molecule has 0 aromatic heterocycles. The van der Waals surface area contributed by atoms with Gasteiger partial charge < -0.3 is 10.6 Å². The highest BCUT2D eigenvalue weighted by atomic mass is 79.9. The third-order valence-corrected chi connectivity index (χ3v) is 3.58. The fourth-order valence-corrected chi connectivity index (χ4v) is 1.97. The molecule has 0 aliphatic carbocycles. The highest BCUT2D eigenvalue weighted by Gasteiger charge is 2.31. The van der Waals surface area contributed by atoms with Crippen molar-refractivity contribution in [3.8, 4) is 0 Å². The molecule has 6 nitrogen and oxygen atoms in total. The lowest BCUT2D eigenvalue weighted by molar-refractivity contribution is -0.124. The summed E-state index contributed by atoms with van der Waals surface area (Å²) in [7, 11) is 0. The average molecular weight is 326 g/mol. The fourth-order valence-electron chi connectivity index (χ4n) is 1.72. The Morgan fingerprint density at radius 1 is 1.42 bits per heavy atom. The Morgan fingerprint density at radius 2 is 2.16 bits per heavy atom. The number of aryl methyl sites for hydroxylation is 1. The molecule has 1 unspecified atom stereocenters. The van der Waals surface area contributed by atoms with Gasteiger partial charge in [0.25, 0.3) is 5.91 Å². The maximum atomic E-state index is 11.8. The number of carbonyl (C=O) groups is 3. The summed E-state index contributed by atoms with van der Waals surface area (Å²) in [6.45, 7) is 1.91. The molecule has 1 aromatic carbocycles. The number of carbonyl (C=O) groups excluding carboxylic acids is 3. The van der Waals surface area contributed by atoms with E-state index in [-0.39, 0.29) is 12.3 Å². The van der Waals surface area contributed by atoms with E-state index in [1.165, 1.54) is 0 Å². The molecule has 7 heteroatoms. The van der Waals surface area contributed by atoms with Gasteiger partial charge in [-0.05, 0) is 30.7 Å². The summed E-state index contributed by atoms with van der Waals surface area (Å²) < 4.78 is 0.952. The molecule has 1 aromatic rings. The molecule has 2 rings (SSSR count). The molecule has 1 atom stereocenters. The van der Waals surface area contributed by atoms with Crippen molar-refractivity contribution >= 4 is 39.5 Å². The SMILES string of the molecule is Cc1cc(NC(=O)CC2NC(=O)NC2=O)ccc1Br. The van der Waals surface area contributed by atoms with Gasteiger partial charge in [0.2, 0.25) is 5.91 Å².